The molecule has 2 aromatic rings. The standard InChI is InChI=1S/C22H26BrNO5S/c1-22(2,3)29-21(25)14-28-20-9-5-6-17-18(20)7-4-8-19(17)24-30(26,27)16-12-10-15(23)11-13-16/h5-6,9-13,19,24H,4,7-8,14H2,1-3H3. The molecule has 6 nitrogen and oxygen atoms in total. The molecule has 0 aromatic heterocycles. The number of fused-ring (bicyclic) bond motifs is 1. The van der Waals surface area contributed by atoms with Crippen LogP contribution >= 0.6 is 15.9 Å². The summed E-state index contributed by atoms with van der Waals surface area (Å²) < 4.78 is 40.3. The first-order chi connectivity index (χ1) is 14.0. The molecule has 0 saturated heterocycles. The molecule has 0 radical (unpaired) electrons. The third kappa shape index (κ3) is 5.83. The van der Waals surface area contributed by atoms with Gasteiger partial charge in [0.15, 0.2) is 6.61 Å². The average molecular weight is 496 g/mol. The molecule has 0 amide bonds. The second kappa shape index (κ2) is 9.08. The average Bonchev–Trinajstić information content (AvgIpc) is 2.65. The molecule has 0 spiro atoms. The molecule has 1 aliphatic rings. The molecule has 1 unspecified atom stereocenters. The zero-order valence-corrected chi connectivity index (χ0v) is 19.7. The van der Waals surface area contributed by atoms with Crippen molar-refractivity contribution in [3.05, 3.63) is 58.1 Å². The van der Waals surface area contributed by atoms with Crippen LogP contribution in [0, 0.1) is 0 Å². The van der Waals surface area contributed by atoms with Crippen LogP contribution in [0.3, 0.4) is 0 Å². The van der Waals surface area contributed by atoms with Crippen molar-refractivity contribution >= 4 is 31.9 Å². The van der Waals surface area contributed by atoms with Crippen molar-refractivity contribution in [1.29, 1.82) is 0 Å². The molecular weight excluding hydrogens is 470 g/mol. The zero-order valence-electron chi connectivity index (χ0n) is 17.3. The number of nitrogens with one attached hydrogen (secondary N) is 1. The highest BCUT2D eigenvalue weighted by Crippen LogP contribution is 2.36. The van der Waals surface area contributed by atoms with E-state index in [9.17, 15) is 13.2 Å². The smallest absolute Gasteiger partial charge is 0.344 e. The fourth-order valence-corrected chi connectivity index (χ4v) is 4.96. The zero-order chi connectivity index (χ0) is 21.9. The molecule has 3 rings (SSSR count). The number of carbonyl (C=O) groups is 1. The number of hydrogen-bond acceptors (Lipinski definition) is 5. The maximum Gasteiger partial charge on any atom is 0.344 e. The van der Waals surface area contributed by atoms with Crippen molar-refractivity contribution in [1.82, 2.24) is 4.72 Å². The van der Waals surface area contributed by atoms with Crippen LogP contribution in [-0.4, -0.2) is 26.6 Å². The predicted octanol–water partition coefficient (Wildman–Crippen LogP) is 4.53. The maximum absolute atomic E-state index is 12.8. The number of rotatable bonds is 6. The molecule has 1 aliphatic carbocycles. The Labute approximate surface area is 186 Å². The molecule has 1 atom stereocenters. The van der Waals surface area contributed by atoms with Gasteiger partial charge in [0.05, 0.1) is 4.90 Å². The highest BCUT2D eigenvalue weighted by molar-refractivity contribution is 9.10. The van der Waals surface area contributed by atoms with Crippen LogP contribution in [0.4, 0.5) is 0 Å². The Morgan fingerprint density at radius 2 is 1.87 bits per heavy atom. The van der Waals surface area contributed by atoms with Crippen molar-refractivity contribution < 1.29 is 22.7 Å². The Balaban J connectivity index is 1.77. The first-order valence-corrected chi connectivity index (χ1v) is 12.1. The van der Waals surface area contributed by atoms with Gasteiger partial charge >= 0.3 is 5.97 Å². The lowest BCUT2D eigenvalue weighted by atomic mass is 9.87. The minimum absolute atomic E-state index is 0.191. The van der Waals surface area contributed by atoms with Gasteiger partial charge in [-0.1, -0.05) is 28.1 Å². The molecule has 0 fully saturated rings. The normalized spacial score (nSPS) is 16.6. The van der Waals surface area contributed by atoms with E-state index in [0.717, 1.165) is 28.4 Å². The van der Waals surface area contributed by atoms with Crippen molar-refractivity contribution in [3.63, 3.8) is 0 Å². The van der Waals surface area contributed by atoms with Gasteiger partial charge in [0.2, 0.25) is 10.0 Å². The van der Waals surface area contributed by atoms with Crippen LogP contribution in [0.5, 0.6) is 5.75 Å². The van der Waals surface area contributed by atoms with Gasteiger partial charge in [-0.05, 0) is 81.5 Å². The quantitative estimate of drug-likeness (QED) is 0.595. The lowest BCUT2D eigenvalue weighted by Gasteiger charge is -2.28. The van der Waals surface area contributed by atoms with Crippen LogP contribution in [0.15, 0.2) is 51.8 Å². The molecular formula is C22H26BrNO5S. The summed E-state index contributed by atoms with van der Waals surface area (Å²) in [4.78, 5) is 12.2. The fraction of sp³-hybridized carbons (Fsp3) is 0.409. The maximum atomic E-state index is 12.8. The van der Waals surface area contributed by atoms with E-state index < -0.39 is 21.6 Å². The first-order valence-electron chi connectivity index (χ1n) is 9.79. The van der Waals surface area contributed by atoms with Crippen molar-refractivity contribution in [3.8, 4) is 5.75 Å². The number of sulfonamides is 1. The lowest BCUT2D eigenvalue weighted by molar-refractivity contribution is -0.157. The molecule has 162 valence electrons. The van der Waals surface area contributed by atoms with Crippen LogP contribution in [0.2, 0.25) is 0 Å². The van der Waals surface area contributed by atoms with Crippen LogP contribution in [0.25, 0.3) is 0 Å². The van der Waals surface area contributed by atoms with E-state index in [1.807, 2.05) is 12.1 Å². The summed E-state index contributed by atoms with van der Waals surface area (Å²) in [5.74, 6) is 0.148. The molecule has 8 heteroatoms. The van der Waals surface area contributed by atoms with E-state index >= 15 is 0 Å². The topological polar surface area (TPSA) is 81.7 Å². The Hall–Kier alpha value is -1.90. The van der Waals surface area contributed by atoms with E-state index in [0.29, 0.717) is 12.2 Å². The van der Waals surface area contributed by atoms with Crippen LogP contribution in [0.1, 0.15) is 50.8 Å². The Morgan fingerprint density at radius 3 is 2.53 bits per heavy atom. The number of hydrogen-bond donors (Lipinski definition) is 1. The number of benzene rings is 2. The molecule has 1 N–H and O–H groups in total. The number of esters is 1. The van der Waals surface area contributed by atoms with Crippen molar-refractivity contribution in [2.45, 2.75) is 56.6 Å². The molecule has 0 saturated carbocycles. The van der Waals surface area contributed by atoms with Gasteiger partial charge in [-0.3, -0.25) is 0 Å². The monoisotopic (exact) mass is 495 g/mol. The fourth-order valence-electron chi connectivity index (χ4n) is 3.45. The molecule has 0 bridgehead atoms. The summed E-state index contributed by atoms with van der Waals surface area (Å²) in [5.41, 5.74) is 1.23. The number of halogens is 1. The highest BCUT2D eigenvalue weighted by atomic mass is 79.9. The largest absolute Gasteiger partial charge is 0.482 e. The predicted molar refractivity (Wildman–Crippen MR) is 118 cm³/mol. The highest BCUT2D eigenvalue weighted by Gasteiger charge is 2.28. The van der Waals surface area contributed by atoms with Gasteiger partial charge in [-0.15, -0.1) is 0 Å². The van der Waals surface area contributed by atoms with Crippen molar-refractivity contribution in [2.24, 2.45) is 0 Å². The summed E-state index contributed by atoms with van der Waals surface area (Å²) in [6.45, 7) is 5.22. The van der Waals surface area contributed by atoms with Crippen LogP contribution < -0.4 is 9.46 Å². The SMILES string of the molecule is CC(C)(C)OC(=O)COc1cccc2c1CCCC2NS(=O)(=O)c1ccc(Br)cc1. The summed E-state index contributed by atoms with van der Waals surface area (Å²) in [6, 6.07) is 11.7. The number of carbonyl (C=O) groups excluding carboxylic acids is 1. The minimum Gasteiger partial charge on any atom is -0.482 e. The minimum atomic E-state index is -3.66. The summed E-state index contributed by atoms with van der Waals surface area (Å²) in [7, 11) is -3.66. The number of ether oxygens (including phenoxy) is 2. The van der Waals surface area contributed by atoms with Crippen molar-refractivity contribution in [2.75, 3.05) is 6.61 Å². The summed E-state index contributed by atoms with van der Waals surface area (Å²) in [6.07, 6.45) is 2.27. The lowest BCUT2D eigenvalue weighted by Crippen LogP contribution is -2.31. The van der Waals surface area contributed by atoms with E-state index in [2.05, 4.69) is 20.7 Å². The first kappa shape index (κ1) is 22.8. The molecule has 30 heavy (non-hydrogen) atoms. The van der Waals surface area contributed by atoms with Crippen LogP contribution in [-0.2, 0) is 26.0 Å². The Kier molecular flexibility index (Phi) is 6.89. The van der Waals surface area contributed by atoms with Gasteiger partial charge in [0.1, 0.15) is 11.4 Å². The Morgan fingerprint density at radius 1 is 1.17 bits per heavy atom. The summed E-state index contributed by atoms with van der Waals surface area (Å²) in [5, 5.41) is 0. The molecule has 2 aromatic carbocycles. The van der Waals surface area contributed by atoms with E-state index in [1.54, 1.807) is 51.1 Å². The third-order valence-corrected chi connectivity index (χ3v) is 6.67. The second-order valence-electron chi connectivity index (χ2n) is 8.22. The van der Waals surface area contributed by atoms with Gasteiger partial charge in [-0.2, -0.15) is 0 Å². The van der Waals surface area contributed by atoms with E-state index in [4.69, 9.17) is 9.47 Å². The van der Waals surface area contributed by atoms with E-state index in [-0.39, 0.29) is 17.5 Å². The van der Waals surface area contributed by atoms with Gasteiger partial charge in [0.25, 0.3) is 0 Å². The molecule has 0 heterocycles. The third-order valence-electron chi connectivity index (χ3n) is 4.65. The molecule has 0 aliphatic heterocycles. The Bertz CT molecular complexity index is 1010. The van der Waals surface area contributed by atoms with E-state index in [1.165, 1.54) is 0 Å². The van der Waals surface area contributed by atoms with Gasteiger partial charge < -0.3 is 9.47 Å². The van der Waals surface area contributed by atoms with Gasteiger partial charge in [0, 0.05) is 10.5 Å². The van der Waals surface area contributed by atoms with Gasteiger partial charge in [-0.25, -0.2) is 17.9 Å². The summed E-state index contributed by atoms with van der Waals surface area (Å²) >= 11 is 3.32. The second-order valence-corrected chi connectivity index (χ2v) is 10.8.